The molecule has 1 aliphatic rings. The van der Waals surface area contributed by atoms with E-state index in [1.165, 1.54) is 12.4 Å². The van der Waals surface area contributed by atoms with Crippen LogP contribution in [0, 0.1) is 17.8 Å². The van der Waals surface area contributed by atoms with E-state index in [9.17, 15) is 9.59 Å². The van der Waals surface area contributed by atoms with Gasteiger partial charge in [-0.25, -0.2) is 0 Å². The van der Waals surface area contributed by atoms with Crippen LogP contribution in [-0.2, 0) is 4.79 Å². The van der Waals surface area contributed by atoms with Crippen molar-refractivity contribution in [2.75, 3.05) is 19.7 Å². The Morgan fingerprint density at radius 3 is 3.00 bits per heavy atom. The molecule has 1 fully saturated rings. The quantitative estimate of drug-likeness (QED) is 0.750. The number of carbonyl (C=O) groups is 2. The summed E-state index contributed by atoms with van der Waals surface area (Å²) in [5, 5.41) is 8.74. The van der Waals surface area contributed by atoms with E-state index in [-0.39, 0.29) is 24.3 Å². The monoisotopic (exact) mass is 287 g/mol. The second kappa shape index (κ2) is 6.86. The summed E-state index contributed by atoms with van der Waals surface area (Å²) in [6.07, 6.45) is 4.00. The number of aromatic nitrogens is 1. The molecule has 1 aliphatic heterocycles. The summed E-state index contributed by atoms with van der Waals surface area (Å²) in [6, 6.07) is 1.61. The smallest absolute Gasteiger partial charge is 0.255 e. The molecular formula is C15H17N3O3. The number of rotatable bonds is 3. The fourth-order valence-electron chi connectivity index (χ4n) is 2.24. The van der Waals surface area contributed by atoms with E-state index in [2.05, 4.69) is 16.8 Å². The number of hydrogen-bond acceptors (Lipinski definition) is 4. The number of amides is 2. The Balaban J connectivity index is 2.17. The maximum atomic E-state index is 12.5. The highest BCUT2D eigenvalue weighted by molar-refractivity contribution is 5.97. The first-order valence-corrected chi connectivity index (χ1v) is 6.76. The molecular weight excluding hydrogens is 270 g/mol. The normalized spacial score (nSPS) is 17.2. The first-order valence-electron chi connectivity index (χ1n) is 6.76. The molecule has 0 radical (unpaired) electrons. The van der Waals surface area contributed by atoms with Gasteiger partial charge < -0.3 is 15.7 Å². The van der Waals surface area contributed by atoms with Gasteiger partial charge in [-0.05, 0) is 12.5 Å². The van der Waals surface area contributed by atoms with Crippen LogP contribution in [-0.4, -0.2) is 46.5 Å². The van der Waals surface area contributed by atoms with Gasteiger partial charge in [0.05, 0.1) is 23.7 Å². The Morgan fingerprint density at radius 2 is 2.33 bits per heavy atom. The molecule has 0 saturated carbocycles. The lowest BCUT2D eigenvalue weighted by atomic mass is 10.1. The van der Waals surface area contributed by atoms with Gasteiger partial charge in [-0.15, -0.1) is 0 Å². The van der Waals surface area contributed by atoms with Crippen molar-refractivity contribution in [3.63, 3.8) is 0 Å². The molecule has 0 bridgehead atoms. The molecule has 3 N–H and O–H groups in total. The Labute approximate surface area is 123 Å². The third-order valence-electron chi connectivity index (χ3n) is 3.39. The van der Waals surface area contributed by atoms with Crippen LogP contribution < -0.4 is 5.73 Å². The Morgan fingerprint density at radius 1 is 1.52 bits per heavy atom. The summed E-state index contributed by atoms with van der Waals surface area (Å²) in [5.74, 6) is 4.80. The maximum Gasteiger partial charge on any atom is 0.255 e. The van der Waals surface area contributed by atoms with E-state index in [4.69, 9.17) is 10.8 Å². The van der Waals surface area contributed by atoms with Gasteiger partial charge >= 0.3 is 0 Å². The summed E-state index contributed by atoms with van der Waals surface area (Å²) in [5.41, 5.74) is 6.26. The minimum Gasteiger partial charge on any atom is -0.395 e. The number of nitrogens with two attached hydrogens (primary N) is 1. The third-order valence-corrected chi connectivity index (χ3v) is 3.39. The fourth-order valence-corrected chi connectivity index (χ4v) is 2.24. The summed E-state index contributed by atoms with van der Waals surface area (Å²) < 4.78 is 0. The fraction of sp³-hybridized carbons (Fsp3) is 0.400. The predicted octanol–water partition coefficient (Wildman–Crippen LogP) is -0.237. The number of carbonyl (C=O) groups excluding carboxylic acids is 2. The van der Waals surface area contributed by atoms with E-state index in [1.54, 1.807) is 11.0 Å². The Bertz CT molecular complexity index is 604. The molecule has 1 aromatic rings. The topological polar surface area (TPSA) is 96.5 Å². The minimum atomic E-state index is -0.372. The highest BCUT2D eigenvalue weighted by Crippen LogP contribution is 2.19. The minimum absolute atomic E-state index is 0.0248. The zero-order valence-electron chi connectivity index (χ0n) is 11.6. The van der Waals surface area contributed by atoms with Crippen LogP contribution in [0.4, 0.5) is 0 Å². The number of nitrogens with zero attached hydrogens (tertiary/aromatic N) is 2. The van der Waals surface area contributed by atoms with Crippen LogP contribution in [0.1, 0.15) is 28.8 Å². The van der Waals surface area contributed by atoms with Crippen molar-refractivity contribution in [1.82, 2.24) is 9.88 Å². The molecule has 21 heavy (non-hydrogen) atoms. The lowest BCUT2D eigenvalue weighted by molar-refractivity contribution is -0.121. The third kappa shape index (κ3) is 3.58. The van der Waals surface area contributed by atoms with Gasteiger partial charge in [-0.3, -0.25) is 14.6 Å². The lowest BCUT2D eigenvalue weighted by Crippen LogP contribution is -2.32. The Kier molecular flexibility index (Phi) is 4.90. The number of aliphatic hydroxyl groups is 1. The summed E-state index contributed by atoms with van der Waals surface area (Å²) in [4.78, 5) is 29.3. The van der Waals surface area contributed by atoms with E-state index >= 15 is 0 Å². The molecule has 1 aromatic heterocycles. The molecule has 1 atom stereocenters. The second-order valence-corrected chi connectivity index (χ2v) is 4.84. The number of likely N-dealkylation sites (tertiary alicyclic amines) is 1. The van der Waals surface area contributed by atoms with Crippen LogP contribution in [0.25, 0.3) is 0 Å². The predicted molar refractivity (Wildman–Crippen MR) is 76.0 cm³/mol. The molecule has 6 nitrogen and oxygen atoms in total. The van der Waals surface area contributed by atoms with Crippen LogP contribution in [0.5, 0.6) is 0 Å². The van der Waals surface area contributed by atoms with E-state index in [0.29, 0.717) is 37.1 Å². The first-order chi connectivity index (χ1) is 10.1. The van der Waals surface area contributed by atoms with E-state index in [1.807, 2.05) is 0 Å². The molecule has 2 amide bonds. The van der Waals surface area contributed by atoms with Crippen molar-refractivity contribution in [3.05, 3.63) is 29.6 Å². The van der Waals surface area contributed by atoms with Crippen molar-refractivity contribution < 1.29 is 14.7 Å². The van der Waals surface area contributed by atoms with Crippen molar-refractivity contribution in [2.45, 2.75) is 12.8 Å². The molecule has 1 unspecified atom stereocenters. The van der Waals surface area contributed by atoms with Crippen LogP contribution in [0.2, 0.25) is 0 Å². The summed E-state index contributed by atoms with van der Waals surface area (Å²) >= 11 is 0. The van der Waals surface area contributed by atoms with E-state index in [0.717, 1.165) is 0 Å². The number of hydrogen-bond donors (Lipinski definition) is 2. The van der Waals surface area contributed by atoms with Crippen molar-refractivity contribution in [2.24, 2.45) is 11.7 Å². The van der Waals surface area contributed by atoms with E-state index < -0.39 is 0 Å². The van der Waals surface area contributed by atoms with Gasteiger partial charge in [0.2, 0.25) is 5.91 Å². The first kappa shape index (κ1) is 15.0. The highest BCUT2D eigenvalue weighted by Gasteiger charge is 2.30. The molecule has 2 heterocycles. The largest absolute Gasteiger partial charge is 0.395 e. The molecule has 2 rings (SSSR count). The summed E-state index contributed by atoms with van der Waals surface area (Å²) in [6.45, 7) is 0.835. The zero-order valence-corrected chi connectivity index (χ0v) is 11.6. The lowest BCUT2D eigenvalue weighted by Gasteiger charge is -2.16. The molecule has 1 saturated heterocycles. The van der Waals surface area contributed by atoms with Gasteiger partial charge in [0.25, 0.3) is 5.91 Å². The van der Waals surface area contributed by atoms with Gasteiger partial charge in [0.1, 0.15) is 0 Å². The van der Waals surface area contributed by atoms with Crippen LogP contribution in [0.3, 0.4) is 0 Å². The molecule has 110 valence electrons. The summed E-state index contributed by atoms with van der Waals surface area (Å²) in [7, 11) is 0. The van der Waals surface area contributed by atoms with Gasteiger partial charge in [-0.2, -0.15) is 0 Å². The molecule has 0 aliphatic carbocycles. The number of pyridine rings is 1. The molecule has 0 spiro atoms. The SMILES string of the molecule is NC(=O)C1CCN(C(=O)c2ccncc2C#CCCO)C1. The maximum absolute atomic E-state index is 12.5. The van der Waals surface area contributed by atoms with Crippen LogP contribution in [0.15, 0.2) is 18.5 Å². The van der Waals surface area contributed by atoms with Crippen molar-refractivity contribution >= 4 is 11.8 Å². The van der Waals surface area contributed by atoms with Gasteiger partial charge in [0.15, 0.2) is 0 Å². The van der Waals surface area contributed by atoms with Crippen LogP contribution >= 0.6 is 0 Å². The second-order valence-electron chi connectivity index (χ2n) is 4.84. The molecule has 0 aromatic carbocycles. The highest BCUT2D eigenvalue weighted by atomic mass is 16.2. The van der Waals surface area contributed by atoms with Gasteiger partial charge in [0, 0.05) is 31.9 Å². The van der Waals surface area contributed by atoms with Crippen molar-refractivity contribution in [3.8, 4) is 11.8 Å². The average molecular weight is 287 g/mol. The number of primary amides is 1. The average Bonchev–Trinajstić information content (AvgIpc) is 2.97. The Hall–Kier alpha value is -2.39. The standard InChI is InChI=1S/C15H17N3O3/c16-14(20)12-5-7-18(10-12)15(21)13-4-6-17-9-11(13)3-1-2-8-19/h4,6,9,12,19H,2,5,7-8,10H2,(H2,16,20). The molecule has 6 heteroatoms. The van der Waals surface area contributed by atoms with Gasteiger partial charge in [-0.1, -0.05) is 11.8 Å². The number of aliphatic hydroxyl groups excluding tert-OH is 1. The van der Waals surface area contributed by atoms with Crippen molar-refractivity contribution in [1.29, 1.82) is 0 Å². The zero-order chi connectivity index (χ0) is 15.2.